The summed E-state index contributed by atoms with van der Waals surface area (Å²) >= 11 is 11.1. The first-order valence-electron chi connectivity index (χ1n) is 6.13. The van der Waals surface area contributed by atoms with Crippen molar-refractivity contribution in [3.8, 4) is 0 Å². The van der Waals surface area contributed by atoms with Crippen LogP contribution in [-0.4, -0.2) is 5.11 Å². The van der Waals surface area contributed by atoms with Crippen LogP contribution in [0.3, 0.4) is 0 Å². The van der Waals surface area contributed by atoms with Gasteiger partial charge < -0.3 is 10.6 Å². The molecule has 2 nitrogen and oxygen atoms in total. The molecule has 0 amide bonds. The van der Waals surface area contributed by atoms with Crippen LogP contribution >= 0.6 is 23.8 Å². The van der Waals surface area contributed by atoms with E-state index in [4.69, 9.17) is 23.8 Å². The Morgan fingerprint density at radius 1 is 1.10 bits per heavy atom. The van der Waals surface area contributed by atoms with Crippen molar-refractivity contribution in [3.63, 3.8) is 0 Å². The van der Waals surface area contributed by atoms with E-state index in [1.54, 1.807) is 12.1 Å². The number of thiocarbonyl (C=S) groups is 1. The fourth-order valence-electron chi connectivity index (χ4n) is 1.73. The van der Waals surface area contributed by atoms with Gasteiger partial charge in [-0.2, -0.15) is 0 Å². The van der Waals surface area contributed by atoms with Crippen molar-refractivity contribution in [2.75, 3.05) is 5.32 Å². The Labute approximate surface area is 128 Å². The minimum absolute atomic E-state index is 0.0488. The number of benzene rings is 2. The van der Waals surface area contributed by atoms with Crippen molar-refractivity contribution in [3.05, 3.63) is 64.9 Å². The minimum atomic E-state index is -0.274. The Kier molecular flexibility index (Phi) is 4.93. The Bertz CT molecular complexity index is 584. The molecular formula is C15H14ClFN2S. The predicted molar refractivity (Wildman–Crippen MR) is 85.6 cm³/mol. The van der Waals surface area contributed by atoms with Crippen molar-refractivity contribution < 1.29 is 4.39 Å². The summed E-state index contributed by atoms with van der Waals surface area (Å²) in [5.74, 6) is -0.274. The van der Waals surface area contributed by atoms with Gasteiger partial charge in [-0.3, -0.25) is 0 Å². The molecule has 0 radical (unpaired) electrons. The van der Waals surface area contributed by atoms with Gasteiger partial charge in [-0.25, -0.2) is 4.39 Å². The van der Waals surface area contributed by atoms with Crippen LogP contribution in [-0.2, 0) is 0 Å². The molecule has 0 saturated carbocycles. The molecule has 0 spiro atoms. The van der Waals surface area contributed by atoms with Crippen molar-refractivity contribution in [1.82, 2.24) is 5.32 Å². The average molecular weight is 309 g/mol. The van der Waals surface area contributed by atoms with E-state index in [0.717, 1.165) is 11.3 Å². The van der Waals surface area contributed by atoms with Crippen molar-refractivity contribution in [2.45, 2.75) is 13.0 Å². The molecule has 2 N–H and O–H groups in total. The predicted octanol–water partition coefficient (Wildman–Crippen LogP) is 4.53. The molecule has 2 rings (SSSR count). The fourth-order valence-corrected chi connectivity index (χ4v) is 2.15. The second-order valence-electron chi connectivity index (χ2n) is 4.38. The van der Waals surface area contributed by atoms with Gasteiger partial charge in [0.25, 0.3) is 0 Å². The third-order valence-electron chi connectivity index (χ3n) is 2.82. The van der Waals surface area contributed by atoms with Crippen molar-refractivity contribution in [2.24, 2.45) is 0 Å². The standard InChI is InChI=1S/C15H14ClFN2S/c1-10(11-2-4-12(16)5-3-11)18-15(20)19-14-8-6-13(17)7-9-14/h2-10H,1H3,(H2,18,19,20)/t10-/m0/s1. The third kappa shape index (κ3) is 4.18. The van der Waals surface area contributed by atoms with Gasteiger partial charge in [-0.15, -0.1) is 0 Å². The van der Waals surface area contributed by atoms with Gasteiger partial charge in [0.2, 0.25) is 0 Å². The van der Waals surface area contributed by atoms with Crippen LogP contribution < -0.4 is 10.6 Å². The highest BCUT2D eigenvalue weighted by molar-refractivity contribution is 7.80. The lowest BCUT2D eigenvalue weighted by atomic mass is 10.1. The average Bonchev–Trinajstić information content (AvgIpc) is 2.42. The number of halogens is 2. The summed E-state index contributed by atoms with van der Waals surface area (Å²) in [6.45, 7) is 2.00. The molecule has 0 unspecified atom stereocenters. The van der Waals surface area contributed by atoms with E-state index in [2.05, 4.69) is 10.6 Å². The van der Waals surface area contributed by atoms with E-state index in [0.29, 0.717) is 10.1 Å². The van der Waals surface area contributed by atoms with Crippen LogP contribution in [0.1, 0.15) is 18.5 Å². The number of hydrogen-bond acceptors (Lipinski definition) is 1. The largest absolute Gasteiger partial charge is 0.356 e. The lowest BCUT2D eigenvalue weighted by Gasteiger charge is -2.17. The Hall–Kier alpha value is -1.65. The highest BCUT2D eigenvalue weighted by atomic mass is 35.5. The zero-order chi connectivity index (χ0) is 14.5. The lowest BCUT2D eigenvalue weighted by Crippen LogP contribution is -2.30. The van der Waals surface area contributed by atoms with Crippen LogP contribution in [0, 0.1) is 5.82 Å². The zero-order valence-electron chi connectivity index (χ0n) is 10.9. The van der Waals surface area contributed by atoms with E-state index < -0.39 is 0 Å². The highest BCUT2D eigenvalue weighted by Gasteiger charge is 2.07. The molecule has 0 bridgehead atoms. The zero-order valence-corrected chi connectivity index (χ0v) is 12.4. The van der Waals surface area contributed by atoms with Gasteiger partial charge in [0, 0.05) is 10.7 Å². The van der Waals surface area contributed by atoms with Crippen LogP contribution in [0.4, 0.5) is 10.1 Å². The fraction of sp³-hybridized carbons (Fsp3) is 0.133. The molecule has 0 aliphatic heterocycles. The number of rotatable bonds is 3. The molecule has 2 aromatic carbocycles. The van der Waals surface area contributed by atoms with Crippen LogP contribution in [0.5, 0.6) is 0 Å². The Morgan fingerprint density at radius 2 is 1.70 bits per heavy atom. The summed E-state index contributed by atoms with van der Waals surface area (Å²) < 4.78 is 12.8. The van der Waals surface area contributed by atoms with Gasteiger partial charge in [-0.05, 0) is 61.1 Å². The Balaban J connectivity index is 1.93. The van der Waals surface area contributed by atoms with Gasteiger partial charge in [0.1, 0.15) is 5.82 Å². The summed E-state index contributed by atoms with van der Waals surface area (Å²) in [5.41, 5.74) is 1.82. The maximum atomic E-state index is 12.8. The number of hydrogen-bond donors (Lipinski definition) is 2. The van der Waals surface area contributed by atoms with E-state index in [9.17, 15) is 4.39 Å². The molecular weight excluding hydrogens is 295 g/mol. The summed E-state index contributed by atoms with van der Waals surface area (Å²) in [6, 6.07) is 13.7. The van der Waals surface area contributed by atoms with Crippen molar-refractivity contribution in [1.29, 1.82) is 0 Å². The minimum Gasteiger partial charge on any atom is -0.356 e. The molecule has 2 aromatic rings. The van der Waals surface area contributed by atoms with Crippen LogP contribution in [0.25, 0.3) is 0 Å². The van der Waals surface area contributed by atoms with E-state index in [-0.39, 0.29) is 11.9 Å². The molecule has 0 aromatic heterocycles. The first-order chi connectivity index (χ1) is 9.54. The summed E-state index contributed by atoms with van der Waals surface area (Å²) in [7, 11) is 0. The van der Waals surface area contributed by atoms with Gasteiger partial charge in [-0.1, -0.05) is 23.7 Å². The lowest BCUT2D eigenvalue weighted by molar-refractivity contribution is 0.628. The van der Waals surface area contributed by atoms with Crippen LogP contribution in [0.15, 0.2) is 48.5 Å². The van der Waals surface area contributed by atoms with E-state index in [1.165, 1.54) is 12.1 Å². The monoisotopic (exact) mass is 308 g/mol. The molecule has 0 aliphatic carbocycles. The number of nitrogens with one attached hydrogen (secondary N) is 2. The van der Waals surface area contributed by atoms with E-state index >= 15 is 0 Å². The maximum absolute atomic E-state index is 12.8. The normalized spacial score (nSPS) is 11.8. The Morgan fingerprint density at radius 3 is 2.30 bits per heavy atom. The second kappa shape index (κ2) is 6.68. The summed E-state index contributed by atoms with van der Waals surface area (Å²) in [5, 5.41) is 7.36. The molecule has 0 fully saturated rings. The molecule has 0 heterocycles. The molecule has 0 aliphatic rings. The van der Waals surface area contributed by atoms with Crippen molar-refractivity contribution >= 4 is 34.6 Å². The summed E-state index contributed by atoms with van der Waals surface area (Å²) in [6.07, 6.45) is 0. The summed E-state index contributed by atoms with van der Waals surface area (Å²) in [4.78, 5) is 0. The highest BCUT2D eigenvalue weighted by Crippen LogP contribution is 2.16. The molecule has 5 heteroatoms. The SMILES string of the molecule is C[C@H](NC(=S)Nc1ccc(F)cc1)c1ccc(Cl)cc1. The smallest absolute Gasteiger partial charge is 0.171 e. The molecule has 0 saturated heterocycles. The molecule has 20 heavy (non-hydrogen) atoms. The molecule has 104 valence electrons. The van der Waals surface area contributed by atoms with Gasteiger partial charge in [0.05, 0.1) is 6.04 Å². The first kappa shape index (κ1) is 14.8. The molecule has 1 atom stereocenters. The van der Waals surface area contributed by atoms with Gasteiger partial charge in [0.15, 0.2) is 5.11 Å². The second-order valence-corrected chi connectivity index (χ2v) is 5.22. The first-order valence-corrected chi connectivity index (χ1v) is 6.92. The maximum Gasteiger partial charge on any atom is 0.171 e. The third-order valence-corrected chi connectivity index (χ3v) is 3.29. The number of anilines is 1. The van der Waals surface area contributed by atoms with Crippen LogP contribution in [0.2, 0.25) is 5.02 Å². The quantitative estimate of drug-likeness (QED) is 0.815. The van der Waals surface area contributed by atoms with Gasteiger partial charge >= 0.3 is 0 Å². The van der Waals surface area contributed by atoms with E-state index in [1.807, 2.05) is 31.2 Å². The topological polar surface area (TPSA) is 24.1 Å².